The highest BCUT2D eigenvalue weighted by Crippen LogP contribution is 2.20. The monoisotopic (exact) mass is 345 g/mol. The number of benzene rings is 2. The van der Waals surface area contributed by atoms with E-state index in [1.165, 1.54) is 11.4 Å². The summed E-state index contributed by atoms with van der Waals surface area (Å²) in [6.07, 6.45) is 1.55. The molecule has 0 aromatic heterocycles. The molecule has 0 fully saturated rings. The third-order valence-electron chi connectivity index (χ3n) is 3.40. The number of methoxy groups -OCH3 is 1. The molecule has 0 aliphatic heterocycles. The van der Waals surface area contributed by atoms with Gasteiger partial charge in [-0.1, -0.05) is 36.4 Å². The van der Waals surface area contributed by atoms with Gasteiger partial charge in [0.25, 0.3) is 0 Å². The van der Waals surface area contributed by atoms with E-state index in [1.807, 2.05) is 6.07 Å². The van der Waals surface area contributed by atoms with Crippen LogP contribution in [0, 0.1) is 0 Å². The molecule has 2 rings (SSSR count). The van der Waals surface area contributed by atoms with Gasteiger partial charge in [-0.05, 0) is 29.8 Å². The van der Waals surface area contributed by atoms with Crippen LogP contribution < -0.4 is 4.31 Å². The van der Waals surface area contributed by atoms with Crippen LogP contribution in [0.5, 0.6) is 0 Å². The number of esters is 1. The molecule has 0 aliphatic carbocycles. The molecule has 0 saturated heterocycles. The summed E-state index contributed by atoms with van der Waals surface area (Å²) in [5, 5.41) is 0. The predicted octanol–water partition coefficient (Wildman–Crippen LogP) is 3.00. The fourth-order valence-electron chi connectivity index (χ4n) is 2.23. The minimum absolute atomic E-state index is 0.169. The van der Waals surface area contributed by atoms with E-state index in [2.05, 4.69) is 11.3 Å². The summed E-state index contributed by atoms with van der Waals surface area (Å²) >= 11 is 0. The molecule has 0 saturated carbocycles. The number of para-hydroxylation sites is 1. The first-order chi connectivity index (χ1) is 11.5. The fraction of sp³-hybridized carbons (Fsp3) is 0.167. The number of hydrogen-bond acceptors (Lipinski definition) is 4. The molecule has 2 aromatic rings. The highest BCUT2D eigenvalue weighted by molar-refractivity contribution is 7.92. The maximum Gasteiger partial charge on any atom is 0.337 e. The highest BCUT2D eigenvalue weighted by atomic mass is 32.2. The second-order valence-electron chi connectivity index (χ2n) is 5.10. The van der Waals surface area contributed by atoms with Crippen molar-refractivity contribution in [2.75, 3.05) is 18.0 Å². The Morgan fingerprint density at radius 3 is 2.29 bits per heavy atom. The van der Waals surface area contributed by atoms with E-state index in [0.29, 0.717) is 16.8 Å². The number of rotatable bonds is 7. The van der Waals surface area contributed by atoms with Crippen LogP contribution in [0.4, 0.5) is 5.69 Å². The fourth-order valence-corrected chi connectivity index (χ4v) is 3.78. The molecule has 6 heteroatoms. The Morgan fingerprint density at radius 1 is 1.12 bits per heavy atom. The lowest BCUT2D eigenvalue weighted by molar-refractivity contribution is 0.0600. The summed E-state index contributed by atoms with van der Waals surface area (Å²) in [6.45, 7) is 3.82. The third-order valence-corrected chi connectivity index (χ3v) is 5.13. The van der Waals surface area contributed by atoms with Crippen molar-refractivity contribution >= 4 is 21.7 Å². The van der Waals surface area contributed by atoms with Gasteiger partial charge in [0.05, 0.1) is 30.7 Å². The average Bonchev–Trinajstić information content (AvgIpc) is 2.60. The van der Waals surface area contributed by atoms with Crippen LogP contribution in [-0.4, -0.2) is 28.0 Å². The predicted molar refractivity (Wildman–Crippen MR) is 94.4 cm³/mol. The first-order valence-electron chi connectivity index (χ1n) is 7.31. The summed E-state index contributed by atoms with van der Waals surface area (Å²) in [7, 11) is -2.28. The van der Waals surface area contributed by atoms with E-state index in [-0.39, 0.29) is 12.3 Å². The normalized spacial score (nSPS) is 10.9. The zero-order valence-corrected chi connectivity index (χ0v) is 14.2. The van der Waals surface area contributed by atoms with E-state index in [1.54, 1.807) is 54.6 Å². The van der Waals surface area contributed by atoms with Gasteiger partial charge in [0.2, 0.25) is 10.0 Å². The number of nitrogens with zero attached hydrogens (tertiary/aromatic N) is 1. The van der Waals surface area contributed by atoms with Crippen LogP contribution in [0.1, 0.15) is 15.9 Å². The van der Waals surface area contributed by atoms with E-state index in [9.17, 15) is 13.2 Å². The van der Waals surface area contributed by atoms with E-state index >= 15 is 0 Å². The van der Waals surface area contributed by atoms with Crippen LogP contribution in [0.25, 0.3) is 0 Å². The van der Waals surface area contributed by atoms with E-state index < -0.39 is 16.0 Å². The van der Waals surface area contributed by atoms with Gasteiger partial charge in [-0.2, -0.15) is 0 Å². The topological polar surface area (TPSA) is 63.7 Å². The lowest BCUT2D eigenvalue weighted by Crippen LogP contribution is -2.32. The Hall–Kier alpha value is -2.60. The molecule has 0 N–H and O–H groups in total. The molecule has 0 radical (unpaired) electrons. The number of anilines is 1. The van der Waals surface area contributed by atoms with Gasteiger partial charge in [0.15, 0.2) is 0 Å². The molecule has 0 aliphatic rings. The molecule has 0 spiro atoms. The SMILES string of the molecule is C=CCN(c1ccccc1)S(=O)(=O)Cc1ccc(C(=O)OC)cc1. The van der Waals surface area contributed by atoms with Crippen molar-refractivity contribution in [2.24, 2.45) is 0 Å². The zero-order valence-electron chi connectivity index (χ0n) is 13.4. The molecular formula is C18H19NO4S. The zero-order chi connectivity index (χ0) is 17.6. The summed E-state index contributed by atoms with van der Waals surface area (Å²) < 4.78 is 31.4. The standard InChI is InChI=1S/C18H19NO4S/c1-3-13-19(17-7-5-4-6-8-17)24(21,22)14-15-9-11-16(12-10-15)18(20)23-2/h3-12H,1,13-14H2,2H3. The smallest absolute Gasteiger partial charge is 0.337 e. The molecule has 0 heterocycles. The van der Waals surface area contributed by atoms with Gasteiger partial charge < -0.3 is 4.74 Å². The minimum atomic E-state index is -3.58. The van der Waals surface area contributed by atoms with Gasteiger partial charge in [-0.15, -0.1) is 6.58 Å². The van der Waals surface area contributed by atoms with E-state index in [4.69, 9.17) is 0 Å². The van der Waals surface area contributed by atoms with Crippen LogP contribution in [0.2, 0.25) is 0 Å². The first kappa shape index (κ1) is 17.7. The van der Waals surface area contributed by atoms with Gasteiger partial charge >= 0.3 is 5.97 Å². The number of ether oxygens (including phenoxy) is 1. The van der Waals surface area contributed by atoms with Gasteiger partial charge in [-0.25, -0.2) is 13.2 Å². The number of hydrogen-bond donors (Lipinski definition) is 0. The van der Waals surface area contributed by atoms with Gasteiger partial charge in [0, 0.05) is 0 Å². The summed E-state index contributed by atoms with van der Waals surface area (Å²) in [4.78, 5) is 11.4. The molecular weight excluding hydrogens is 326 g/mol. The number of sulfonamides is 1. The van der Waals surface area contributed by atoms with Crippen molar-refractivity contribution in [3.63, 3.8) is 0 Å². The quantitative estimate of drug-likeness (QED) is 0.572. The molecule has 0 atom stereocenters. The van der Waals surface area contributed by atoms with Gasteiger partial charge in [-0.3, -0.25) is 4.31 Å². The molecule has 0 unspecified atom stereocenters. The Balaban J connectivity index is 2.25. The summed E-state index contributed by atoms with van der Waals surface area (Å²) in [6, 6.07) is 15.2. The van der Waals surface area contributed by atoms with Crippen molar-refractivity contribution in [1.82, 2.24) is 0 Å². The molecule has 24 heavy (non-hydrogen) atoms. The average molecular weight is 345 g/mol. The number of carbonyl (C=O) groups excluding carboxylic acids is 1. The van der Waals surface area contributed by atoms with Gasteiger partial charge in [0.1, 0.15) is 0 Å². The molecule has 5 nitrogen and oxygen atoms in total. The van der Waals surface area contributed by atoms with Crippen LogP contribution >= 0.6 is 0 Å². The van der Waals surface area contributed by atoms with Crippen molar-refractivity contribution in [2.45, 2.75) is 5.75 Å². The lowest BCUT2D eigenvalue weighted by atomic mass is 10.1. The second kappa shape index (κ2) is 7.79. The Kier molecular flexibility index (Phi) is 5.76. The maximum absolute atomic E-state index is 12.8. The van der Waals surface area contributed by atoms with Crippen LogP contribution in [0.3, 0.4) is 0 Å². The van der Waals surface area contributed by atoms with E-state index in [0.717, 1.165) is 0 Å². The minimum Gasteiger partial charge on any atom is -0.465 e. The van der Waals surface area contributed by atoms with Crippen LogP contribution in [-0.2, 0) is 20.5 Å². The first-order valence-corrected chi connectivity index (χ1v) is 8.92. The number of carbonyl (C=O) groups is 1. The van der Waals surface area contributed by atoms with Crippen molar-refractivity contribution in [3.8, 4) is 0 Å². The molecule has 126 valence electrons. The third kappa shape index (κ3) is 4.23. The highest BCUT2D eigenvalue weighted by Gasteiger charge is 2.22. The molecule has 0 bridgehead atoms. The largest absolute Gasteiger partial charge is 0.465 e. The van der Waals surface area contributed by atoms with Crippen LogP contribution in [0.15, 0.2) is 67.3 Å². The molecule has 0 amide bonds. The summed E-state index contributed by atoms with van der Waals surface area (Å²) in [5.41, 5.74) is 1.56. The second-order valence-corrected chi connectivity index (χ2v) is 6.99. The Bertz CT molecular complexity index is 799. The lowest BCUT2D eigenvalue weighted by Gasteiger charge is -2.23. The van der Waals surface area contributed by atoms with Crippen molar-refractivity contribution < 1.29 is 17.9 Å². The molecule has 2 aromatic carbocycles. The Labute approximate surface area is 142 Å². The summed E-state index contributed by atoms with van der Waals surface area (Å²) in [5.74, 6) is -0.626. The van der Waals surface area contributed by atoms with Crippen molar-refractivity contribution in [1.29, 1.82) is 0 Å². The Morgan fingerprint density at radius 2 is 1.75 bits per heavy atom. The van der Waals surface area contributed by atoms with Crippen molar-refractivity contribution in [3.05, 3.63) is 78.4 Å². The maximum atomic E-state index is 12.8.